The van der Waals surface area contributed by atoms with E-state index in [-0.39, 0.29) is 5.54 Å². The summed E-state index contributed by atoms with van der Waals surface area (Å²) in [4.78, 5) is 8.94. The Bertz CT molecular complexity index is 422. The topological polar surface area (TPSA) is 30.2 Å². The van der Waals surface area contributed by atoms with E-state index in [1.807, 2.05) is 37.1 Å². The Balaban J connectivity index is 0.000000686. The van der Waals surface area contributed by atoms with Crippen molar-refractivity contribution < 1.29 is 0 Å². The first kappa shape index (κ1) is 13.7. The molecule has 0 saturated heterocycles. The lowest BCUT2D eigenvalue weighted by Crippen LogP contribution is -2.19. The molecule has 1 aliphatic rings. The maximum atomic E-state index is 4.79. The van der Waals surface area contributed by atoms with Crippen molar-refractivity contribution in [3.63, 3.8) is 0 Å². The van der Waals surface area contributed by atoms with Crippen LogP contribution < -0.4 is 0 Å². The molecule has 0 bridgehead atoms. The zero-order valence-electron chi connectivity index (χ0n) is 11.7. The quantitative estimate of drug-likeness (QED) is 0.727. The first-order chi connectivity index (χ1) is 8.00. The van der Waals surface area contributed by atoms with Crippen molar-refractivity contribution in [2.75, 3.05) is 0 Å². The summed E-state index contributed by atoms with van der Waals surface area (Å²) < 4.78 is 2.04. The molecule has 0 aromatic carbocycles. The highest BCUT2D eigenvalue weighted by Crippen LogP contribution is 2.27. The number of aliphatic imine (C=N–C) groups is 1. The van der Waals surface area contributed by atoms with Crippen molar-refractivity contribution in [2.45, 2.75) is 47.1 Å². The number of rotatable bonds is 1. The molecule has 0 spiro atoms. The van der Waals surface area contributed by atoms with Gasteiger partial charge in [-0.05, 0) is 25.8 Å². The molecule has 94 valence electrons. The lowest BCUT2D eigenvalue weighted by atomic mass is 10.0. The van der Waals surface area contributed by atoms with E-state index in [9.17, 15) is 0 Å². The third-order valence-corrected chi connectivity index (χ3v) is 2.70. The van der Waals surface area contributed by atoms with Crippen molar-refractivity contribution in [2.24, 2.45) is 10.9 Å². The lowest BCUT2D eigenvalue weighted by Gasteiger charge is -2.20. The van der Waals surface area contributed by atoms with Crippen LogP contribution in [0.4, 0.5) is 0 Å². The molecule has 0 N–H and O–H groups in total. The van der Waals surface area contributed by atoms with Crippen LogP contribution in [0.3, 0.4) is 0 Å². The van der Waals surface area contributed by atoms with Gasteiger partial charge < -0.3 is 4.57 Å². The highest BCUT2D eigenvalue weighted by atomic mass is 15.1. The first-order valence-corrected chi connectivity index (χ1v) is 6.31. The molecule has 0 atom stereocenters. The first-order valence-electron chi connectivity index (χ1n) is 6.31. The number of allylic oxidation sites excluding steroid dienone is 1. The van der Waals surface area contributed by atoms with Gasteiger partial charge in [0.15, 0.2) is 0 Å². The van der Waals surface area contributed by atoms with E-state index in [0.717, 1.165) is 11.4 Å². The molecule has 0 amide bonds. The molecule has 3 nitrogen and oxygen atoms in total. The molecule has 17 heavy (non-hydrogen) atoms. The van der Waals surface area contributed by atoms with Gasteiger partial charge in [0.1, 0.15) is 0 Å². The van der Waals surface area contributed by atoms with E-state index < -0.39 is 0 Å². The Labute approximate surface area is 104 Å². The Morgan fingerprint density at radius 2 is 1.88 bits per heavy atom. The summed E-state index contributed by atoms with van der Waals surface area (Å²) >= 11 is 0. The Morgan fingerprint density at radius 1 is 1.24 bits per heavy atom. The van der Waals surface area contributed by atoms with Crippen molar-refractivity contribution >= 4 is 11.9 Å². The number of fused-ring (bicyclic) bond motifs is 1. The average Bonchev–Trinajstić information content (AvgIpc) is 2.71. The summed E-state index contributed by atoms with van der Waals surface area (Å²) in [6.45, 7) is 12.6. The van der Waals surface area contributed by atoms with Crippen LogP contribution in [0.15, 0.2) is 23.6 Å². The van der Waals surface area contributed by atoms with Gasteiger partial charge in [0, 0.05) is 11.9 Å². The van der Waals surface area contributed by atoms with E-state index in [4.69, 9.17) is 4.99 Å². The van der Waals surface area contributed by atoms with Crippen molar-refractivity contribution in [3.05, 3.63) is 24.3 Å². The Kier molecular flexibility index (Phi) is 4.27. The monoisotopic (exact) mass is 233 g/mol. The zero-order chi connectivity index (χ0) is 13.1. The van der Waals surface area contributed by atoms with E-state index >= 15 is 0 Å². The zero-order valence-corrected chi connectivity index (χ0v) is 11.7. The predicted octanol–water partition coefficient (Wildman–Crippen LogP) is 3.73. The summed E-state index contributed by atoms with van der Waals surface area (Å²) in [6.07, 6.45) is 7.82. The van der Waals surface area contributed by atoms with Crippen LogP contribution in [-0.4, -0.2) is 15.3 Å². The molecule has 0 unspecified atom stereocenters. The van der Waals surface area contributed by atoms with Crippen LogP contribution in [0.1, 0.15) is 47.2 Å². The standard InChI is InChI=1S/C12H17N3.C2H6/c1-9(2)10-5-6-15-8-13-7-11(15)12(3,4)14-10;1-2/h5-9H,1-4H3;1-2H3. The molecule has 2 heterocycles. The highest BCUT2D eigenvalue weighted by molar-refractivity contribution is 5.99. The van der Waals surface area contributed by atoms with Gasteiger partial charge in [0.2, 0.25) is 0 Å². The number of aromatic nitrogens is 2. The molecule has 2 rings (SSSR count). The number of hydrogen-bond acceptors (Lipinski definition) is 2. The summed E-state index contributed by atoms with van der Waals surface area (Å²) in [5.74, 6) is 0.457. The summed E-state index contributed by atoms with van der Waals surface area (Å²) in [7, 11) is 0. The Morgan fingerprint density at radius 3 is 2.47 bits per heavy atom. The van der Waals surface area contributed by atoms with Crippen molar-refractivity contribution in [1.29, 1.82) is 0 Å². The van der Waals surface area contributed by atoms with Crippen molar-refractivity contribution in [1.82, 2.24) is 9.55 Å². The summed E-state index contributed by atoms with van der Waals surface area (Å²) in [5, 5.41) is 0. The molecular weight excluding hydrogens is 210 g/mol. The normalized spacial score (nSPS) is 16.8. The average molecular weight is 233 g/mol. The molecule has 3 heteroatoms. The maximum Gasteiger partial charge on any atom is 0.0990 e. The summed E-state index contributed by atoms with van der Waals surface area (Å²) in [6, 6.07) is 0. The molecule has 0 saturated carbocycles. The molecule has 1 aliphatic heterocycles. The fraction of sp³-hybridized carbons (Fsp3) is 0.571. The van der Waals surface area contributed by atoms with E-state index in [0.29, 0.717) is 5.92 Å². The maximum absolute atomic E-state index is 4.79. The van der Waals surface area contributed by atoms with Crippen LogP contribution in [0, 0.1) is 5.92 Å². The second kappa shape index (κ2) is 5.30. The van der Waals surface area contributed by atoms with Crippen LogP contribution >= 0.6 is 0 Å². The SMILES string of the molecule is CC.CC(C)C1=NC(C)(C)c2cncn2C=C1. The van der Waals surface area contributed by atoms with Crippen LogP contribution in [-0.2, 0) is 5.54 Å². The van der Waals surface area contributed by atoms with Gasteiger partial charge in [-0.15, -0.1) is 0 Å². The van der Waals surface area contributed by atoms with Gasteiger partial charge in [0.05, 0.1) is 23.8 Å². The van der Waals surface area contributed by atoms with Gasteiger partial charge in [-0.2, -0.15) is 0 Å². The molecule has 0 radical (unpaired) electrons. The van der Waals surface area contributed by atoms with Gasteiger partial charge in [0.25, 0.3) is 0 Å². The van der Waals surface area contributed by atoms with E-state index in [1.165, 1.54) is 0 Å². The number of imidazole rings is 1. The minimum atomic E-state index is -0.195. The second-order valence-corrected chi connectivity index (χ2v) is 4.75. The van der Waals surface area contributed by atoms with Gasteiger partial charge in [-0.1, -0.05) is 27.7 Å². The fourth-order valence-corrected chi connectivity index (χ4v) is 1.79. The second-order valence-electron chi connectivity index (χ2n) is 4.75. The number of nitrogens with zero attached hydrogens (tertiary/aromatic N) is 3. The molecule has 1 aromatic rings. The van der Waals surface area contributed by atoms with Crippen molar-refractivity contribution in [3.8, 4) is 0 Å². The van der Waals surface area contributed by atoms with Crippen LogP contribution in [0.25, 0.3) is 6.20 Å². The smallest absolute Gasteiger partial charge is 0.0990 e. The van der Waals surface area contributed by atoms with E-state index in [1.54, 1.807) is 0 Å². The van der Waals surface area contributed by atoms with Crippen LogP contribution in [0.5, 0.6) is 0 Å². The fourth-order valence-electron chi connectivity index (χ4n) is 1.79. The predicted molar refractivity (Wildman–Crippen MR) is 74.2 cm³/mol. The molecule has 1 aromatic heterocycles. The minimum absolute atomic E-state index is 0.195. The van der Waals surface area contributed by atoms with E-state index in [2.05, 4.69) is 38.8 Å². The third kappa shape index (κ3) is 2.84. The highest BCUT2D eigenvalue weighted by Gasteiger charge is 2.25. The summed E-state index contributed by atoms with van der Waals surface area (Å²) in [5.41, 5.74) is 2.08. The molecule has 0 fully saturated rings. The minimum Gasteiger partial charge on any atom is -0.308 e. The molecule has 0 aliphatic carbocycles. The van der Waals surface area contributed by atoms with Gasteiger partial charge in [-0.3, -0.25) is 4.99 Å². The van der Waals surface area contributed by atoms with Gasteiger partial charge >= 0.3 is 0 Å². The van der Waals surface area contributed by atoms with Crippen LogP contribution in [0.2, 0.25) is 0 Å². The third-order valence-electron chi connectivity index (χ3n) is 2.70. The van der Waals surface area contributed by atoms with Gasteiger partial charge in [-0.25, -0.2) is 4.98 Å². The Hall–Kier alpha value is -1.38. The molecular formula is C14H23N3. The number of hydrogen-bond donors (Lipinski definition) is 0. The lowest BCUT2D eigenvalue weighted by molar-refractivity contribution is 0.530. The largest absolute Gasteiger partial charge is 0.308 e.